The average Bonchev–Trinajstić information content (AvgIpc) is 2.89. The predicted octanol–water partition coefficient (Wildman–Crippen LogP) is 3.60. The molecule has 0 aliphatic carbocycles. The maximum atomic E-state index is 5.96. The molecular formula is C13H13ClN4S. The van der Waals surface area contributed by atoms with Crippen LogP contribution in [0.15, 0.2) is 24.4 Å². The van der Waals surface area contributed by atoms with Gasteiger partial charge < -0.3 is 5.32 Å². The smallest absolute Gasteiger partial charge is 0.184 e. The molecule has 6 heteroatoms. The highest BCUT2D eigenvalue weighted by Crippen LogP contribution is 2.28. The number of thiazole rings is 1. The van der Waals surface area contributed by atoms with Crippen molar-refractivity contribution in [2.75, 3.05) is 5.32 Å². The van der Waals surface area contributed by atoms with Crippen LogP contribution in [0.1, 0.15) is 11.3 Å². The molecule has 0 spiro atoms. The molecule has 0 aliphatic heterocycles. The first-order chi connectivity index (χ1) is 9.11. The molecule has 0 aliphatic rings. The van der Waals surface area contributed by atoms with Gasteiger partial charge in [-0.1, -0.05) is 22.9 Å². The lowest BCUT2D eigenvalue weighted by Gasteiger charge is -1.99. The van der Waals surface area contributed by atoms with Crippen molar-refractivity contribution in [3.63, 3.8) is 0 Å². The largest absolute Gasteiger partial charge is 0.357 e. The number of nitrogens with zero attached hydrogens (tertiary/aromatic N) is 3. The van der Waals surface area contributed by atoms with Crippen LogP contribution < -0.4 is 5.32 Å². The molecule has 19 heavy (non-hydrogen) atoms. The van der Waals surface area contributed by atoms with E-state index < -0.39 is 0 Å². The minimum Gasteiger partial charge on any atom is -0.357 e. The number of benzene rings is 1. The fraction of sp³-hybridized carbons (Fsp3) is 0.231. The Morgan fingerprint density at radius 3 is 3.00 bits per heavy atom. The van der Waals surface area contributed by atoms with Crippen LogP contribution in [0.4, 0.5) is 5.13 Å². The van der Waals surface area contributed by atoms with Gasteiger partial charge >= 0.3 is 0 Å². The summed E-state index contributed by atoms with van der Waals surface area (Å²) < 4.78 is 2.96. The maximum Gasteiger partial charge on any atom is 0.184 e. The van der Waals surface area contributed by atoms with Crippen LogP contribution in [0.2, 0.25) is 5.02 Å². The van der Waals surface area contributed by atoms with Crippen LogP contribution in [0, 0.1) is 6.92 Å². The number of hydrogen-bond donors (Lipinski definition) is 1. The molecule has 1 aromatic carbocycles. The standard InChI is InChI=1S/C13H13ClN4S/c1-8-9(7-18(2)17-8)6-15-13-16-11-5-10(14)3-4-12(11)19-13/h3-5,7H,6H2,1-2H3,(H,15,16). The van der Waals surface area contributed by atoms with Gasteiger partial charge in [0.05, 0.1) is 15.9 Å². The Labute approximate surface area is 120 Å². The summed E-state index contributed by atoms with van der Waals surface area (Å²) in [6, 6.07) is 5.76. The molecule has 0 saturated carbocycles. The zero-order chi connectivity index (χ0) is 13.4. The van der Waals surface area contributed by atoms with Gasteiger partial charge in [-0.25, -0.2) is 4.98 Å². The highest BCUT2D eigenvalue weighted by atomic mass is 35.5. The van der Waals surface area contributed by atoms with Gasteiger partial charge in [0, 0.05) is 30.4 Å². The van der Waals surface area contributed by atoms with E-state index in [1.54, 1.807) is 11.3 Å². The van der Waals surface area contributed by atoms with E-state index in [-0.39, 0.29) is 0 Å². The van der Waals surface area contributed by atoms with Gasteiger partial charge in [-0.15, -0.1) is 0 Å². The summed E-state index contributed by atoms with van der Waals surface area (Å²) in [6.45, 7) is 2.74. The van der Waals surface area contributed by atoms with E-state index in [0.29, 0.717) is 5.02 Å². The first-order valence-electron chi connectivity index (χ1n) is 5.91. The van der Waals surface area contributed by atoms with E-state index >= 15 is 0 Å². The lowest BCUT2D eigenvalue weighted by Crippen LogP contribution is -1.99. The van der Waals surface area contributed by atoms with E-state index in [1.807, 2.05) is 43.0 Å². The van der Waals surface area contributed by atoms with Crippen molar-refractivity contribution in [1.82, 2.24) is 14.8 Å². The van der Waals surface area contributed by atoms with E-state index in [4.69, 9.17) is 11.6 Å². The molecule has 2 heterocycles. The second kappa shape index (κ2) is 4.83. The molecule has 0 radical (unpaired) electrons. The fourth-order valence-electron chi connectivity index (χ4n) is 1.97. The first-order valence-corrected chi connectivity index (χ1v) is 7.10. The number of rotatable bonds is 3. The third kappa shape index (κ3) is 2.57. The molecule has 0 fully saturated rings. The lowest BCUT2D eigenvalue weighted by molar-refractivity contribution is 0.756. The first kappa shape index (κ1) is 12.4. The quantitative estimate of drug-likeness (QED) is 0.802. The molecule has 1 N–H and O–H groups in total. The van der Waals surface area contributed by atoms with Crippen LogP contribution in [0.3, 0.4) is 0 Å². The minimum absolute atomic E-state index is 0.715. The number of nitrogens with one attached hydrogen (secondary N) is 1. The monoisotopic (exact) mass is 292 g/mol. The number of anilines is 1. The molecule has 0 bridgehead atoms. The second-order valence-corrected chi connectivity index (χ2v) is 5.87. The second-order valence-electron chi connectivity index (χ2n) is 4.40. The summed E-state index contributed by atoms with van der Waals surface area (Å²) in [7, 11) is 1.93. The van der Waals surface area contributed by atoms with Crippen molar-refractivity contribution in [3.8, 4) is 0 Å². The Balaban J connectivity index is 1.80. The molecule has 0 amide bonds. The van der Waals surface area contributed by atoms with E-state index in [0.717, 1.165) is 27.6 Å². The van der Waals surface area contributed by atoms with E-state index in [2.05, 4.69) is 15.4 Å². The Hall–Kier alpha value is -1.59. The average molecular weight is 293 g/mol. The van der Waals surface area contributed by atoms with Gasteiger partial charge in [0.25, 0.3) is 0 Å². The molecule has 98 valence electrons. The molecule has 0 unspecified atom stereocenters. The molecular weight excluding hydrogens is 280 g/mol. The number of aryl methyl sites for hydroxylation is 2. The third-order valence-electron chi connectivity index (χ3n) is 2.89. The van der Waals surface area contributed by atoms with Crippen molar-refractivity contribution in [2.24, 2.45) is 7.05 Å². The molecule has 3 aromatic rings. The molecule has 3 rings (SSSR count). The highest BCUT2D eigenvalue weighted by molar-refractivity contribution is 7.22. The summed E-state index contributed by atoms with van der Waals surface area (Å²) in [5.41, 5.74) is 3.15. The lowest BCUT2D eigenvalue weighted by atomic mass is 10.3. The van der Waals surface area contributed by atoms with Crippen LogP contribution >= 0.6 is 22.9 Å². The SMILES string of the molecule is Cc1nn(C)cc1CNc1nc2cc(Cl)ccc2s1. The zero-order valence-electron chi connectivity index (χ0n) is 10.6. The van der Waals surface area contributed by atoms with Gasteiger partial charge in [0.15, 0.2) is 5.13 Å². The van der Waals surface area contributed by atoms with Crippen LogP contribution in [0.5, 0.6) is 0 Å². The van der Waals surface area contributed by atoms with Crippen molar-refractivity contribution in [3.05, 3.63) is 40.7 Å². The number of hydrogen-bond acceptors (Lipinski definition) is 4. The van der Waals surface area contributed by atoms with Gasteiger partial charge in [-0.3, -0.25) is 4.68 Å². The highest BCUT2D eigenvalue weighted by Gasteiger charge is 2.06. The maximum absolute atomic E-state index is 5.96. The number of halogens is 1. The van der Waals surface area contributed by atoms with Crippen molar-refractivity contribution in [1.29, 1.82) is 0 Å². The summed E-state index contributed by atoms with van der Waals surface area (Å²) in [5, 5.41) is 9.27. The Morgan fingerprint density at radius 1 is 1.42 bits per heavy atom. The van der Waals surface area contributed by atoms with Gasteiger partial charge in [0.1, 0.15) is 0 Å². The molecule has 0 atom stereocenters. The topological polar surface area (TPSA) is 42.7 Å². The summed E-state index contributed by atoms with van der Waals surface area (Å²) in [5.74, 6) is 0. The normalized spacial score (nSPS) is 11.1. The van der Waals surface area contributed by atoms with Crippen molar-refractivity contribution < 1.29 is 0 Å². The Bertz CT molecular complexity index is 731. The number of fused-ring (bicyclic) bond motifs is 1. The van der Waals surface area contributed by atoms with Gasteiger partial charge in [0.2, 0.25) is 0 Å². The van der Waals surface area contributed by atoms with E-state index in [1.165, 1.54) is 5.56 Å². The molecule has 2 aromatic heterocycles. The van der Waals surface area contributed by atoms with E-state index in [9.17, 15) is 0 Å². The fourth-order valence-corrected chi connectivity index (χ4v) is 2.98. The molecule has 0 saturated heterocycles. The minimum atomic E-state index is 0.715. The summed E-state index contributed by atoms with van der Waals surface area (Å²) >= 11 is 7.59. The zero-order valence-corrected chi connectivity index (χ0v) is 12.2. The summed E-state index contributed by atoms with van der Waals surface area (Å²) in [4.78, 5) is 4.52. The summed E-state index contributed by atoms with van der Waals surface area (Å²) in [6.07, 6.45) is 2.02. The van der Waals surface area contributed by atoms with Crippen molar-refractivity contribution in [2.45, 2.75) is 13.5 Å². The van der Waals surface area contributed by atoms with Crippen LogP contribution in [0.25, 0.3) is 10.2 Å². The van der Waals surface area contributed by atoms with Crippen molar-refractivity contribution >= 4 is 38.3 Å². The van der Waals surface area contributed by atoms with Crippen LogP contribution in [-0.2, 0) is 13.6 Å². The number of aromatic nitrogens is 3. The third-order valence-corrected chi connectivity index (χ3v) is 4.12. The Morgan fingerprint density at radius 2 is 2.26 bits per heavy atom. The van der Waals surface area contributed by atoms with Gasteiger partial charge in [-0.2, -0.15) is 5.10 Å². The predicted molar refractivity (Wildman–Crippen MR) is 79.9 cm³/mol. The van der Waals surface area contributed by atoms with Gasteiger partial charge in [-0.05, 0) is 25.1 Å². The molecule has 4 nitrogen and oxygen atoms in total. The Kier molecular flexibility index (Phi) is 3.16. The van der Waals surface area contributed by atoms with Crippen LogP contribution in [-0.4, -0.2) is 14.8 Å².